The largest absolute Gasteiger partial charge is 0.444 e. The Morgan fingerprint density at radius 2 is 1.66 bits per heavy atom. The van der Waals surface area contributed by atoms with Crippen LogP contribution in [0.1, 0.15) is 48.7 Å². The van der Waals surface area contributed by atoms with Gasteiger partial charge in [-0.2, -0.15) is 0 Å². The molecule has 1 atom stereocenters. The second-order valence-electron chi connectivity index (χ2n) is 6.37. The van der Waals surface area contributed by atoms with Crippen molar-refractivity contribution in [1.82, 2.24) is 10.6 Å². The van der Waals surface area contributed by atoms with Crippen LogP contribution >= 0.6 is 0 Å². The Bertz CT molecular complexity index is 824. The molecule has 2 aromatic carbocycles. The molecular formula is C22H27N3O4. The SMILES string of the molecule is CCCCNc1ccccc1C(=O)O[C@@H](C(=O)NC(=O)NCC)c1ccccc1. The Labute approximate surface area is 170 Å². The number of para-hydroxylation sites is 1. The van der Waals surface area contributed by atoms with Crippen molar-refractivity contribution in [3.63, 3.8) is 0 Å². The molecule has 0 aliphatic carbocycles. The van der Waals surface area contributed by atoms with Crippen LogP contribution in [-0.4, -0.2) is 31.0 Å². The summed E-state index contributed by atoms with van der Waals surface area (Å²) in [5.41, 5.74) is 1.44. The zero-order chi connectivity index (χ0) is 21.1. The third kappa shape index (κ3) is 6.64. The fourth-order valence-corrected chi connectivity index (χ4v) is 2.67. The smallest absolute Gasteiger partial charge is 0.341 e. The summed E-state index contributed by atoms with van der Waals surface area (Å²) in [7, 11) is 0. The lowest BCUT2D eigenvalue weighted by Crippen LogP contribution is -2.42. The quantitative estimate of drug-likeness (QED) is 0.443. The number of esters is 1. The first-order valence-electron chi connectivity index (χ1n) is 9.74. The van der Waals surface area contributed by atoms with Gasteiger partial charge in [-0.05, 0) is 25.5 Å². The van der Waals surface area contributed by atoms with Gasteiger partial charge in [-0.1, -0.05) is 55.8 Å². The van der Waals surface area contributed by atoms with Gasteiger partial charge in [0.25, 0.3) is 5.91 Å². The van der Waals surface area contributed by atoms with Crippen molar-refractivity contribution in [2.24, 2.45) is 0 Å². The molecule has 3 amide bonds. The second-order valence-corrected chi connectivity index (χ2v) is 6.37. The molecule has 0 heterocycles. The number of nitrogens with one attached hydrogen (secondary N) is 3. The van der Waals surface area contributed by atoms with Gasteiger partial charge in [0.05, 0.1) is 5.56 Å². The molecular weight excluding hydrogens is 370 g/mol. The summed E-state index contributed by atoms with van der Waals surface area (Å²) in [6.45, 7) is 4.91. The van der Waals surface area contributed by atoms with E-state index in [0.717, 1.165) is 19.4 Å². The highest BCUT2D eigenvalue weighted by Gasteiger charge is 2.27. The number of benzene rings is 2. The van der Waals surface area contributed by atoms with E-state index in [4.69, 9.17) is 4.74 Å². The molecule has 7 nitrogen and oxygen atoms in total. The molecule has 0 spiro atoms. The van der Waals surface area contributed by atoms with E-state index in [1.165, 1.54) is 0 Å². The number of rotatable bonds is 9. The minimum atomic E-state index is -1.25. The fourth-order valence-electron chi connectivity index (χ4n) is 2.67. The number of ether oxygens (including phenoxy) is 1. The summed E-state index contributed by atoms with van der Waals surface area (Å²) < 4.78 is 5.54. The second kappa shape index (κ2) is 11.5. The third-order valence-electron chi connectivity index (χ3n) is 4.13. The number of imide groups is 1. The lowest BCUT2D eigenvalue weighted by atomic mass is 10.1. The van der Waals surface area contributed by atoms with E-state index in [0.29, 0.717) is 23.4 Å². The van der Waals surface area contributed by atoms with Crippen molar-refractivity contribution < 1.29 is 19.1 Å². The standard InChI is InChI=1S/C22H27N3O4/c1-3-5-15-24-18-14-10-9-13-17(18)21(27)29-19(16-11-7-6-8-12-16)20(26)25-22(28)23-4-2/h6-14,19,24H,3-5,15H2,1-2H3,(H2,23,25,26,28)/t19-/m1/s1. The number of hydrogen-bond donors (Lipinski definition) is 3. The summed E-state index contributed by atoms with van der Waals surface area (Å²) in [6, 6.07) is 14.9. The average Bonchev–Trinajstić information content (AvgIpc) is 2.73. The average molecular weight is 397 g/mol. The van der Waals surface area contributed by atoms with Crippen molar-refractivity contribution >= 4 is 23.6 Å². The van der Waals surface area contributed by atoms with Gasteiger partial charge in [-0.3, -0.25) is 10.1 Å². The van der Waals surface area contributed by atoms with Crippen LogP contribution in [0.3, 0.4) is 0 Å². The first-order valence-corrected chi connectivity index (χ1v) is 9.74. The lowest BCUT2D eigenvalue weighted by molar-refractivity contribution is -0.129. The molecule has 0 saturated heterocycles. The zero-order valence-corrected chi connectivity index (χ0v) is 16.7. The summed E-state index contributed by atoms with van der Waals surface area (Å²) in [6.07, 6.45) is 0.732. The van der Waals surface area contributed by atoms with Crippen molar-refractivity contribution in [2.75, 3.05) is 18.4 Å². The molecule has 0 unspecified atom stereocenters. The maximum atomic E-state index is 12.9. The van der Waals surface area contributed by atoms with Gasteiger partial charge >= 0.3 is 12.0 Å². The molecule has 0 aromatic heterocycles. The topological polar surface area (TPSA) is 96.5 Å². The minimum absolute atomic E-state index is 0.329. The van der Waals surface area contributed by atoms with E-state index < -0.39 is 24.0 Å². The van der Waals surface area contributed by atoms with Crippen LogP contribution in [0.15, 0.2) is 54.6 Å². The lowest BCUT2D eigenvalue weighted by Gasteiger charge is -2.19. The Hall–Kier alpha value is -3.35. The predicted octanol–water partition coefficient (Wildman–Crippen LogP) is 3.64. The van der Waals surface area contributed by atoms with Gasteiger partial charge in [0.1, 0.15) is 0 Å². The van der Waals surface area contributed by atoms with Crippen LogP contribution in [0.25, 0.3) is 0 Å². The number of hydrogen-bond acceptors (Lipinski definition) is 5. The molecule has 2 rings (SSSR count). The van der Waals surface area contributed by atoms with Crippen LogP contribution in [0.4, 0.5) is 10.5 Å². The zero-order valence-electron chi connectivity index (χ0n) is 16.7. The number of carbonyl (C=O) groups excluding carboxylic acids is 3. The van der Waals surface area contributed by atoms with E-state index >= 15 is 0 Å². The fraction of sp³-hybridized carbons (Fsp3) is 0.318. The monoisotopic (exact) mass is 397 g/mol. The molecule has 0 aliphatic heterocycles. The number of unbranched alkanes of at least 4 members (excludes halogenated alkanes) is 1. The highest BCUT2D eigenvalue weighted by Crippen LogP contribution is 2.23. The Kier molecular flexibility index (Phi) is 8.69. The van der Waals surface area contributed by atoms with Crippen LogP contribution in [0, 0.1) is 0 Å². The van der Waals surface area contributed by atoms with Crippen LogP contribution in [0.2, 0.25) is 0 Å². The number of urea groups is 1. The maximum absolute atomic E-state index is 12.9. The van der Waals surface area contributed by atoms with Crippen LogP contribution in [0.5, 0.6) is 0 Å². The molecule has 29 heavy (non-hydrogen) atoms. The molecule has 3 N–H and O–H groups in total. The van der Waals surface area contributed by atoms with Gasteiger partial charge in [0.2, 0.25) is 6.10 Å². The molecule has 0 radical (unpaired) electrons. The summed E-state index contributed by atoms with van der Waals surface area (Å²) in [4.78, 5) is 37.2. The Morgan fingerprint density at radius 1 is 0.966 bits per heavy atom. The van der Waals surface area contributed by atoms with E-state index in [1.54, 1.807) is 55.5 Å². The van der Waals surface area contributed by atoms with Gasteiger partial charge in [-0.15, -0.1) is 0 Å². The summed E-state index contributed by atoms with van der Waals surface area (Å²) in [5, 5.41) is 7.92. The molecule has 7 heteroatoms. The minimum Gasteiger partial charge on any atom is -0.444 e. The first kappa shape index (κ1) is 21.9. The van der Waals surface area contributed by atoms with Crippen molar-refractivity contribution in [1.29, 1.82) is 0 Å². The number of carbonyl (C=O) groups is 3. The van der Waals surface area contributed by atoms with E-state index in [9.17, 15) is 14.4 Å². The highest BCUT2D eigenvalue weighted by molar-refractivity contribution is 6.00. The normalized spacial score (nSPS) is 11.2. The molecule has 0 saturated carbocycles. The van der Waals surface area contributed by atoms with Gasteiger partial charge in [0, 0.05) is 24.3 Å². The van der Waals surface area contributed by atoms with Crippen LogP contribution < -0.4 is 16.0 Å². The highest BCUT2D eigenvalue weighted by atomic mass is 16.5. The molecule has 0 fully saturated rings. The summed E-state index contributed by atoms with van der Waals surface area (Å²) in [5.74, 6) is -1.36. The molecule has 0 aliphatic rings. The number of amides is 3. The predicted molar refractivity (Wildman–Crippen MR) is 112 cm³/mol. The summed E-state index contributed by atoms with van der Waals surface area (Å²) >= 11 is 0. The molecule has 2 aromatic rings. The first-order chi connectivity index (χ1) is 14.1. The Morgan fingerprint density at radius 3 is 2.34 bits per heavy atom. The van der Waals surface area contributed by atoms with Gasteiger partial charge < -0.3 is 15.4 Å². The Balaban J connectivity index is 2.22. The van der Waals surface area contributed by atoms with Crippen molar-refractivity contribution in [3.05, 3.63) is 65.7 Å². The van der Waals surface area contributed by atoms with Crippen molar-refractivity contribution in [2.45, 2.75) is 32.8 Å². The molecule has 154 valence electrons. The van der Waals surface area contributed by atoms with Gasteiger partial charge in [0.15, 0.2) is 0 Å². The van der Waals surface area contributed by atoms with Crippen molar-refractivity contribution in [3.8, 4) is 0 Å². The maximum Gasteiger partial charge on any atom is 0.341 e. The van der Waals surface area contributed by atoms with E-state index in [2.05, 4.69) is 22.9 Å². The van der Waals surface area contributed by atoms with E-state index in [1.807, 2.05) is 6.07 Å². The van der Waals surface area contributed by atoms with Crippen LogP contribution in [-0.2, 0) is 9.53 Å². The molecule has 0 bridgehead atoms. The van der Waals surface area contributed by atoms with Gasteiger partial charge in [-0.25, -0.2) is 9.59 Å². The third-order valence-corrected chi connectivity index (χ3v) is 4.13. The van der Waals surface area contributed by atoms with E-state index in [-0.39, 0.29) is 0 Å². The number of anilines is 1.